The summed E-state index contributed by atoms with van der Waals surface area (Å²) in [5.41, 5.74) is 9.94. The third-order valence-electron chi connectivity index (χ3n) is 3.92. The molecule has 1 aromatic heterocycles. The van der Waals surface area contributed by atoms with Gasteiger partial charge in [-0.2, -0.15) is 0 Å². The first kappa shape index (κ1) is 13.2. The molecular weight excluding hydrogens is 253 g/mol. The van der Waals surface area contributed by atoms with Gasteiger partial charge in [0, 0.05) is 29.1 Å². The highest BCUT2D eigenvalue weighted by atomic mass is 19.1. The number of nitrogens with two attached hydrogens (primary N) is 1. The number of aromatic nitrogens is 2. The van der Waals surface area contributed by atoms with Crippen LogP contribution in [0.1, 0.15) is 42.1 Å². The molecule has 0 fully saturated rings. The number of benzene rings is 1. The maximum absolute atomic E-state index is 13.4. The van der Waals surface area contributed by atoms with Crippen LogP contribution in [0.2, 0.25) is 0 Å². The van der Waals surface area contributed by atoms with Gasteiger partial charge < -0.3 is 5.73 Å². The fraction of sp³-hybridized carbons (Fsp3) is 0.375. The summed E-state index contributed by atoms with van der Waals surface area (Å²) >= 11 is 0. The predicted molar refractivity (Wildman–Crippen MR) is 76.6 cm³/mol. The molecule has 0 radical (unpaired) electrons. The molecule has 20 heavy (non-hydrogen) atoms. The van der Waals surface area contributed by atoms with E-state index in [0.29, 0.717) is 5.82 Å². The Morgan fingerprint density at radius 1 is 1.30 bits per heavy atom. The number of aryl methyl sites for hydroxylation is 2. The van der Waals surface area contributed by atoms with Gasteiger partial charge in [0.05, 0.1) is 0 Å². The maximum atomic E-state index is 13.4. The van der Waals surface area contributed by atoms with Crippen molar-refractivity contribution in [2.45, 2.75) is 38.6 Å². The fourth-order valence-corrected chi connectivity index (χ4v) is 2.71. The molecule has 0 spiro atoms. The van der Waals surface area contributed by atoms with Gasteiger partial charge in [0.25, 0.3) is 0 Å². The SMILES string of the molecule is Cc1ccc(F)cc1-c1ncc2c(n1)CCCCC2N. The maximum Gasteiger partial charge on any atom is 0.159 e. The molecule has 0 aliphatic heterocycles. The van der Waals surface area contributed by atoms with Crippen LogP contribution in [0.5, 0.6) is 0 Å². The first-order valence-corrected chi connectivity index (χ1v) is 7.03. The van der Waals surface area contributed by atoms with E-state index in [-0.39, 0.29) is 11.9 Å². The van der Waals surface area contributed by atoms with E-state index in [1.807, 2.05) is 13.1 Å². The molecular formula is C16H18FN3. The van der Waals surface area contributed by atoms with Crippen molar-refractivity contribution in [2.75, 3.05) is 0 Å². The lowest BCUT2D eigenvalue weighted by molar-refractivity contribution is 0.614. The molecule has 4 heteroatoms. The standard InChI is InChI=1S/C16H18FN3/c1-10-6-7-11(17)8-12(10)16-19-9-13-14(18)4-2-3-5-15(13)20-16/h6-9,14H,2-5,18H2,1H3. The molecule has 1 aromatic carbocycles. The Hall–Kier alpha value is -1.81. The summed E-state index contributed by atoms with van der Waals surface area (Å²) in [4.78, 5) is 9.04. The summed E-state index contributed by atoms with van der Waals surface area (Å²) in [6.45, 7) is 1.94. The number of halogens is 1. The Kier molecular flexibility index (Phi) is 3.49. The number of nitrogens with zero attached hydrogens (tertiary/aromatic N) is 2. The number of hydrogen-bond acceptors (Lipinski definition) is 3. The molecule has 1 aliphatic carbocycles. The molecule has 1 unspecified atom stereocenters. The molecule has 0 bridgehead atoms. The van der Waals surface area contributed by atoms with Gasteiger partial charge in [0.15, 0.2) is 5.82 Å². The monoisotopic (exact) mass is 271 g/mol. The van der Waals surface area contributed by atoms with E-state index in [1.165, 1.54) is 12.1 Å². The minimum Gasteiger partial charge on any atom is -0.324 e. The molecule has 1 aliphatic rings. The zero-order chi connectivity index (χ0) is 14.1. The van der Waals surface area contributed by atoms with Gasteiger partial charge in [-0.15, -0.1) is 0 Å². The summed E-state index contributed by atoms with van der Waals surface area (Å²) in [6, 6.07) is 4.73. The second kappa shape index (κ2) is 5.29. The lowest BCUT2D eigenvalue weighted by atomic mass is 10.0. The Morgan fingerprint density at radius 3 is 3.00 bits per heavy atom. The van der Waals surface area contributed by atoms with Crippen molar-refractivity contribution in [1.29, 1.82) is 0 Å². The molecule has 3 rings (SSSR count). The number of hydrogen-bond donors (Lipinski definition) is 1. The normalized spacial score (nSPS) is 18.4. The van der Waals surface area contributed by atoms with E-state index in [0.717, 1.165) is 48.1 Å². The van der Waals surface area contributed by atoms with Gasteiger partial charge >= 0.3 is 0 Å². The second-order valence-corrected chi connectivity index (χ2v) is 5.41. The van der Waals surface area contributed by atoms with Crippen molar-refractivity contribution in [1.82, 2.24) is 9.97 Å². The largest absolute Gasteiger partial charge is 0.324 e. The number of fused-ring (bicyclic) bond motifs is 1. The van der Waals surface area contributed by atoms with Gasteiger partial charge in [-0.05, 0) is 43.9 Å². The first-order chi connectivity index (χ1) is 9.65. The van der Waals surface area contributed by atoms with Crippen LogP contribution in [-0.4, -0.2) is 9.97 Å². The second-order valence-electron chi connectivity index (χ2n) is 5.41. The van der Waals surface area contributed by atoms with Crippen molar-refractivity contribution in [2.24, 2.45) is 5.73 Å². The highest BCUT2D eigenvalue weighted by Crippen LogP contribution is 2.28. The molecule has 0 amide bonds. The highest BCUT2D eigenvalue weighted by molar-refractivity contribution is 5.60. The van der Waals surface area contributed by atoms with Gasteiger partial charge in [0.1, 0.15) is 5.82 Å². The highest BCUT2D eigenvalue weighted by Gasteiger charge is 2.18. The molecule has 0 saturated carbocycles. The van der Waals surface area contributed by atoms with Crippen LogP contribution < -0.4 is 5.73 Å². The Balaban J connectivity index is 2.08. The predicted octanol–water partition coefficient (Wildman–Crippen LogP) is 3.32. The zero-order valence-electron chi connectivity index (χ0n) is 11.6. The van der Waals surface area contributed by atoms with E-state index in [2.05, 4.69) is 9.97 Å². The van der Waals surface area contributed by atoms with Crippen molar-refractivity contribution in [3.05, 3.63) is 47.0 Å². The van der Waals surface area contributed by atoms with Crippen LogP contribution in [-0.2, 0) is 6.42 Å². The minimum absolute atomic E-state index is 0.0233. The molecule has 2 N–H and O–H groups in total. The van der Waals surface area contributed by atoms with Crippen molar-refractivity contribution < 1.29 is 4.39 Å². The molecule has 1 heterocycles. The third-order valence-corrected chi connectivity index (χ3v) is 3.92. The molecule has 104 valence electrons. The first-order valence-electron chi connectivity index (χ1n) is 7.03. The number of rotatable bonds is 1. The van der Waals surface area contributed by atoms with Crippen LogP contribution in [0.15, 0.2) is 24.4 Å². The van der Waals surface area contributed by atoms with Crippen LogP contribution in [0, 0.1) is 12.7 Å². The van der Waals surface area contributed by atoms with E-state index in [4.69, 9.17) is 5.73 Å². The minimum atomic E-state index is -0.263. The molecule has 2 aromatic rings. The topological polar surface area (TPSA) is 51.8 Å². The Morgan fingerprint density at radius 2 is 2.15 bits per heavy atom. The molecule has 0 saturated heterocycles. The third kappa shape index (κ3) is 2.43. The van der Waals surface area contributed by atoms with Crippen molar-refractivity contribution in [3.8, 4) is 11.4 Å². The quantitative estimate of drug-likeness (QED) is 0.809. The van der Waals surface area contributed by atoms with Crippen LogP contribution in [0.3, 0.4) is 0 Å². The van der Waals surface area contributed by atoms with Crippen LogP contribution >= 0.6 is 0 Å². The van der Waals surface area contributed by atoms with Gasteiger partial charge in [0.2, 0.25) is 0 Å². The summed E-state index contributed by atoms with van der Waals surface area (Å²) < 4.78 is 13.4. The summed E-state index contributed by atoms with van der Waals surface area (Å²) in [5, 5.41) is 0. The molecule has 1 atom stereocenters. The Bertz CT molecular complexity index is 640. The lowest BCUT2D eigenvalue weighted by Gasteiger charge is -2.13. The smallest absolute Gasteiger partial charge is 0.159 e. The van der Waals surface area contributed by atoms with E-state index in [1.54, 1.807) is 6.07 Å². The summed E-state index contributed by atoms with van der Waals surface area (Å²) in [7, 11) is 0. The van der Waals surface area contributed by atoms with Crippen LogP contribution in [0.4, 0.5) is 4.39 Å². The molecule has 3 nitrogen and oxygen atoms in total. The van der Waals surface area contributed by atoms with E-state index < -0.39 is 0 Å². The van der Waals surface area contributed by atoms with Gasteiger partial charge in [-0.1, -0.05) is 12.5 Å². The zero-order valence-corrected chi connectivity index (χ0v) is 11.6. The average molecular weight is 271 g/mol. The fourth-order valence-electron chi connectivity index (χ4n) is 2.71. The summed E-state index contributed by atoms with van der Waals surface area (Å²) in [5.74, 6) is 0.329. The van der Waals surface area contributed by atoms with Crippen LogP contribution in [0.25, 0.3) is 11.4 Å². The van der Waals surface area contributed by atoms with E-state index >= 15 is 0 Å². The summed E-state index contributed by atoms with van der Waals surface area (Å²) in [6.07, 6.45) is 5.94. The van der Waals surface area contributed by atoms with Gasteiger partial charge in [-0.3, -0.25) is 0 Å². The van der Waals surface area contributed by atoms with Crippen molar-refractivity contribution >= 4 is 0 Å². The Labute approximate surface area is 118 Å². The lowest BCUT2D eigenvalue weighted by Crippen LogP contribution is -2.12. The van der Waals surface area contributed by atoms with Gasteiger partial charge in [-0.25, -0.2) is 14.4 Å². The van der Waals surface area contributed by atoms with Crippen molar-refractivity contribution in [3.63, 3.8) is 0 Å². The van der Waals surface area contributed by atoms with E-state index in [9.17, 15) is 4.39 Å². The average Bonchev–Trinajstić information content (AvgIpc) is 2.63.